The topological polar surface area (TPSA) is 64.6 Å². The molecule has 0 aliphatic carbocycles. The Balaban J connectivity index is 2.47. The van der Waals surface area contributed by atoms with Crippen LogP contribution in [-0.2, 0) is 14.3 Å². The van der Waals surface area contributed by atoms with Crippen molar-refractivity contribution in [3.05, 3.63) is 0 Å². The van der Waals surface area contributed by atoms with Crippen LogP contribution in [0.5, 0.6) is 0 Å². The molecule has 0 aromatic carbocycles. The number of carbonyl (C=O) groups excluding carboxylic acids is 2. The van der Waals surface area contributed by atoms with Crippen molar-refractivity contribution < 1.29 is 19.1 Å². The number of esters is 1. The van der Waals surface area contributed by atoms with Crippen molar-refractivity contribution in [3.8, 4) is 0 Å². The van der Waals surface area contributed by atoms with E-state index in [1.165, 1.54) is 0 Å². The third kappa shape index (κ3) is 2.61. The summed E-state index contributed by atoms with van der Waals surface area (Å²) >= 11 is 0. The van der Waals surface area contributed by atoms with Crippen LogP contribution >= 0.6 is 0 Å². The molecule has 0 unspecified atom stereocenters. The van der Waals surface area contributed by atoms with Crippen LogP contribution in [0.1, 0.15) is 27.2 Å². The van der Waals surface area contributed by atoms with Gasteiger partial charge in [0, 0.05) is 6.42 Å². The number of alkyl carbamates (subject to hydrolysis) is 1. The van der Waals surface area contributed by atoms with Crippen molar-refractivity contribution in [3.63, 3.8) is 0 Å². The fraction of sp³-hybridized carbons (Fsp3) is 0.778. The first-order chi connectivity index (χ1) is 6.44. The van der Waals surface area contributed by atoms with E-state index in [1.54, 1.807) is 20.8 Å². The average Bonchev–Trinajstić information content (AvgIpc) is 2.25. The Morgan fingerprint density at radius 2 is 2.36 bits per heavy atom. The van der Waals surface area contributed by atoms with Crippen LogP contribution in [0, 0.1) is 0 Å². The first-order valence-corrected chi connectivity index (χ1v) is 4.61. The predicted octanol–water partition coefficient (Wildman–Crippen LogP) is 0.827. The lowest BCUT2D eigenvalue weighted by molar-refractivity contribution is -0.147. The molecule has 5 heteroatoms. The molecule has 80 valence electrons. The molecule has 14 heavy (non-hydrogen) atoms. The molecule has 0 aromatic heterocycles. The summed E-state index contributed by atoms with van der Waals surface area (Å²) in [6.07, 6.45) is -0.0999. The number of amides is 1. The smallest absolute Gasteiger partial charge is 0.407 e. The molecule has 0 radical (unpaired) electrons. The molecule has 1 aliphatic heterocycles. The monoisotopic (exact) mass is 201 g/mol. The second kappa shape index (κ2) is 3.86. The van der Waals surface area contributed by atoms with Gasteiger partial charge in [-0.2, -0.15) is 0 Å². The van der Waals surface area contributed by atoms with Crippen molar-refractivity contribution in [2.75, 3.05) is 6.61 Å². The van der Waals surface area contributed by atoms with Crippen LogP contribution in [-0.4, -0.2) is 30.3 Å². The summed E-state index contributed by atoms with van der Waals surface area (Å²) in [4.78, 5) is 22.3. The first-order valence-electron chi connectivity index (χ1n) is 4.61. The van der Waals surface area contributed by atoms with Crippen LogP contribution in [0.2, 0.25) is 0 Å². The molecular weight excluding hydrogens is 186 g/mol. The third-order valence-electron chi connectivity index (χ3n) is 1.92. The van der Waals surface area contributed by atoms with Gasteiger partial charge < -0.3 is 14.8 Å². The van der Waals surface area contributed by atoms with Crippen LogP contribution in [0.4, 0.5) is 4.79 Å². The average molecular weight is 201 g/mol. The molecule has 1 fully saturated rings. The maximum atomic E-state index is 11.2. The van der Waals surface area contributed by atoms with E-state index >= 15 is 0 Å². The Kier molecular flexibility index (Phi) is 2.98. The van der Waals surface area contributed by atoms with Crippen molar-refractivity contribution in [2.24, 2.45) is 0 Å². The molecule has 1 rings (SSSR count). The van der Waals surface area contributed by atoms with Gasteiger partial charge in [-0.1, -0.05) is 0 Å². The van der Waals surface area contributed by atoms with E-state index in [0.29, 0.717) is 6.42 Å². The summed E-state index contributed by atoms with van der Waals surface area (Å²) in [5.41, 5.74) is -0.499. The Bertz CT molecular complexity index is 249. The van der Waals surface area contributed by atoms with Crippen molar-refractivity contribution >= 4 is 12.1 Å². The summed E-state index contributed by atoms with van der Waals surface area (Å²) in [5, 5.41) is 2.45. The van der Waals surface area contributed by atoms with Gasteiger partial charge in [-0.3, -0.25) is 0 Å². The molecule has 0 bridgehead atoms. The van der Waals surface area contributed by atoms with Crippen LogP contribution in [0.15, 0.2) is 0 Å². The highest BCUT2D eigenvalue weighted by atomic mass is 16.6. The fourth-order valence-corrected chi connectivity index (χ4v) is 1.39. The van der Waals surface area contributed by atoms with E-state index in [0.717, 1.165) is 0 Å². The minimum atomic E-state index is -0.580. The number of hydrogen-bond donors (Lipinski definition) is 1. The number of cyclic esters (lactones) is 1. The standard InChI is InChI=1S/C9H15NO4/c1-4-13-8(12)10-6-5-9(2,3)14-7(6)11/h6H,4-5H2,1-3H3,(H,10,12)/t6-/m0/s1. The number of carbonyl (C=O) groups is 2. The molecule has 1 N–H and O–H groups in total. The number of ether oxygens (including phenoxy) is 2. The highest BCUT2D eigenvalue weighted by Gasteiger charge is 2.40. The minimum absolute atomic E-state index is 0.289. The van der Waals surface area contributed by atoms with Gasteiger partial charge in [0.15, 0.2) is 0 Å². The summed E-state index contributed by atoms with van der Waals surface area (Å²) in [6, 6.07) is -0.580. The van der Waals surface area contributed by atoms with E-state index in [4.69, 9.17) is 4.74 Å². The largest absolute Gasteiger partial charge is 0.458 e. The maximum Gasteiger partial charge on any atom is 0.407 e. The number of rotatable bonds is 2. The fourth-order valence-electron chi connectivity index (χ4n) is 1.39. The van der Waals surface area contributed by atoms with Gasteiger partial charge in [0.05, 0.1) is 6.61 Å². The number of nitrogens with one attached hydrogen (secondary N) is 1. The zero-order valence-corrected chi connectivity index (χ0v) is 8.62. The molecule has 1 heterocycles. The third-order valence-corrected chi connectivity index (χ3v) is 1.92. The zero-order chi connectivity index (χ0) is 10.8. The molecule has 5 nitrogen and oxygen atoms in total. The van der Waals surface area contributed by atoms with Crippen LogP contribution in [0.3, 0.4) is 0 Å². The Morgan fingerprint density at radius 3 is 2.79 bits per heavy atom. The molecular formula is C9H15NO4. The van der Waals surface area contributed by atoms with Gasteiger partial charge in [-0.25, -0.2) is 9.59 Å². The second-order valence-corrected chi connectivity index (χ2v) is 3.80. The molecule has 1 amide bonds. The minimum Gasteiger partial charge on any atom is -0.458 e. The van der Waals surface area contributed by atoms with Gasteiger partial charge in [0.2, 0.25) is 0 Å². The van der Waals surface area contributed by atoms with Crippen LogP contribution in [0.25, 0.3) is 0 Å². The van der Waals surface area contributed by atoms with Crippen molar-refractivity contribution in [1.29, 1.82) is 0 Å². The molecule has 1 saturated heterocycles. The molecule has 0 spiro atoms. The van der Waals surface area contributed by atoms with Gasteiger partial charge in [-0.05, 0) is 20.8 Å². The van der Waals surface area contributed by atoms with E-state index in [2.05, 4.69) is 10.1 Å². The molecule has 0 saturated carbocycles. The summed E-state index contributed by atoms with van der Waals surface area (Å²) in [5.74, 6) is -0.400. The zero-order valence-electron chi connectivity index (χ0n) is 8.62. The van der Waals surface area contributed by atoms with E-state index < -0.39 is 23.7 Å². The second-order valence-electron chi connectivity index (χ2n) is 3.80. The normalized spacial score (nSPS) is 24.2. The highest BCUT2D eigenvalue weighted by Crippen LogP contribution is 2.25. The van der Waals surface area contributed by atoms with Crippen molar-refractivity contribution in [2.45, 2.75) is 38.8 Å². The Hall–Kier alpha value is -1.26. The molecule has 1 aliphatic rings. The molecule has 0 aromatic rings. The lowest BCUT2D eigenvalue weighted by atomic mass is 10.0. The maximum absolute atomic E-state index is 11.2. The lowest BCUT2D eigenvalue weighted by Crippen LogP contribution is -2.38. The van der Waals surface area contributed by atoms with Crippen LogP contribution < -0.4 is 5.32 Å². The Labute approximate surface area is 82.8 Å². The number of hydrogen-bond acceptors (Lipinski definition) is 4. The van der Waals surface area contributed by atoms with E-state index in [1.807, 2.05) is 0 Å². The predicted molar refractivity (Wildman–Crippen MR) is 48.7 cm³/mol. The lowest BCUT2D eigenvalue weighted by Gasteiger charge is -2.14. The quantitative estimate of drug-likeness (QED) is 0.672. The van der Waals surface area contributed by atoms with Gasteiger partial charge >= 0.3 is 12.1 Å². The summed E-state index contributed by atoms with van der Waals surface area (Å²) < 4.78 is 9.69. The van der Waals surface area contributed by atoms with Gasteiger partial charge in [0.1, 0.15) is 11.6 Å². The SMILES string of the molecule is CCOC(=O)N[C@H]1CC(C)(C)OC1=O. The van der Waals surface area contributed by atoms with E-state index in [9.17, 15) is 9.59 Å². The highest BCUT2D eigenvalue weighted by molar-refractivity contribution is 5.83. The van der Waals surface area contributed by atoms with Crippen molar-refractivity contribution in [1.82, 2.24) is 5.32 Å². The first kappa shape index (κ1) is 10.8. The Morgan fingerprint density at radius 1 is 1.71 bits per heavy atom. The summed E-state index contributed by atoms with van der Waals surface area (Å²) in [6.45, 7) is 5.60. The van der Waals surface area contributed by atoms with Gasteiger partial charge in [-0.15, -0.1) is 0 Å². The molecule has 1 atom stereocenters. The summed E-state index contributed by atoms with van der Waals surface area (Å²) in [7, 11) is 0. The van der Waals surface area contributed by atoms with Gasteiger partial charge in [0.25, 0.3) is 0 Å². The van der Waals surface area contributed by atoms with E-state index in [-0.39, 0.29) is 6.61 Å².